The van der Waals surface area contributed by atoms with E-state index in [0.29, 0.717) is 43.0 Å². The first-order chi connectivity index (χ1) is 22.3. The average Bonchev–Trinajstić information content (AvgIpc) is 3.04. The van der Waals surface area contributed by atoms with Crippen LogP contribution < -0.4 is 14.4 Å². The molecule has 0 spiro atoms. The molecule has 252 valence electrons. The summed E-state index contributed by atoms with van der Waals surface area (Å²) in [7, 11) is -2.11. The monoisotopic (exact) mass is 675 g/mol. The largest absolute Gasteiger partial charge is 0.465 e. The highest BCUT2D eigenvalue weighted by molar-refractivity contribution is 7.92. The summed E-state index contributed by atoms with van der Waals surface area (Å²) in [5.74, 6) is -1.67. The number of piperidine rings is 1. The van der Waals surface area contributed by atoms with E-state index in [9.17, 15) is 31.2 Å². The van der Waals surface area contributed by atoms with Crippen LogP contribution >= 0.6 is 0 Å². The molecule has 0 aliphatic carbocycles. The molecule has 3 aromatic rings. The fraction of sp³-hybridized carbons (Fsp3) is 0.394. The molecule has 0 aromatic heterocycles. The third kappa shape index (κ3) is 8.42. The Labute approximate surface area is 271 Å². The number of ether oxygens (including phenoxy) is 3. The summed E-state index contributed by atoms with van der Waals surface area (Å²) in [4.78, 5) is 29.5. The van der Waals surface area contributed by atoms with Crippen molar-refractivity contribution in [3.8, 4) is 16.9 Å². The fourth-order valence-corrected chi connectivity index (χ4v) is 6.27. The topological polar surface area (TPSA) is 114 Å². The minimum atomic E-state index is -4.24. The molecule has 2 heterocycles. The Balaban J connectivity index is 1.27. The van der Waals surface area contributed by atoms with E-state index < -0.39 is 22.1 Å². The van der Waals surface area contributed by atoms with Crippen molar-refractivity contribution in [1.29, 1.82) is 0 Å². The second-order valence-electron chi connectivity index (χ2n) is 11.5. The number of carbonyl (C=O) groups excluding carboxylic acids is 2. The fourth-order valence-electron chi connectivity index (χ4n) is 5.71. The van der Waals surface area contributed by atoms with Crippen LogP contribution in [0.5, 0.6) is 5.75 Å². The van der Waals surface area contributed by atoms with Gasteiger partial charge in [0.25, 0.3) is 11.8 Å². The zero-order chi connectivity index (χ0) is 33.8. The lowest BCUT2D eigenvalue weighted by atomic mass is 9.93. The van der Waals surface area contributed by atoms with Gasteiger partial charge in [0.05, 0.1) is 31.1 Å². The number of nitrogens with one attached hydrogen (secondary N) is 1. The summed E-state index contributed by atoms with van der Waals surface area (Å²) < 4.78 is 81.4. The zero-order valence-electron chi connectivity index (χ0n) is 26.0. The second kappa shape index (κ2) is 14.3. The van der Waals surface area contributed by atoms with Gasteiger partial charge in [0.15, 0.2) is 6.79 Å². The summed E-state index contributed by atoms with van der Waals surface area (Å²) >= 11 is 0. The van der Waals surface area contributed by atoms with E-state index >= 15 is 0 Å². The number of hydrogen-bond acceptors (Lipinski definition) is 7. The lowest BCUT2D eigenvalue weighted by molar-refractivity contribution is -0.183. The first kappa shape index (κ1) is 34.2. The summed E-state index contributed by atoms with van der Waals surface area (Å²) in [5, 5.41) is 0. The molecule has 2 amide bonds. The van der Waals surface area contributed by atoms with Crippen molar-refractivity contribution >= 4 is 33.2 Å². The number of carbonyl (C=O) groups is 2. The number of anilines is 2. The van der Waals surface area contributed by atoms with E-state index in [2.05, 4.69) is 4.72 Å². The molecule has 47 heavy (non-hydrogen) atoms. The molecule has 0 atom stereocenters. The van der Waals surface area contributed by atoms with E-state index in [0.717, 1.165) is 22.9 Å². The van der Waals surface area contributed by atoms with Gasteiger partial charge < -0.3 is 24.0 Å². The van der Waals surface area contributed by atoms with Crippen molar-refractivity contribution in [2.45, 2.75) is 25.4 Å². The summed E-state index contributed by atoms with van der Waals surface area (Å²) in [6.07, 6.45) is -2.87. The van der Waals surface area contributed by atoms with Gasteiger partial charge in [0, 0.05) is 43.6 Å². The Morgan fingerprint density at radius 3 is 2.32 bits per heavy atom. The quantitative estimate of drug-likeness (QED) is 0.216. The highest BCUT2D eigenvalue weighted by Crippen LogP contribution is 2.36. The standard InChI is InChI=1S/C33H36F3N3O7S/c1-44-17-18-45-21-46-30-10-8-27(20-29(30)37-47(2,42)43)39-16-11-25-19-24(7-9-28(25)32(39)41)22-3-5-23(6-4-22)31(40)38-14-12-26(13-15-38)33(34,35)36/h3-10,19-20,26,37H,11-18,21H2,1-2H3. The average molecular weight is 676 g/mol. The molecule has 0 unspecified atom stereocenters. The van der Waals surface area contributed by atoms with E-state index in [1.165, 1.54) is 4.90 Å². The van der Waals surface area contributed by atoms with Gasteiger partial charge in [-0.2, -0.15) is 13.2 Å². The van der Waals surface area contributed by atoms with Crippen LogP contribution in [0.4, 0.5) is 24.5 Å². The Hall–Kier alpha value is -4.14. The van der Waals surface area contributed by atoms with Crippen molar-refractivity contribution in [3.63, 3.8) is 0 Å². The van der Waals surface area contributed by atoms with Crippen LogP contribution in [0.1, 0.15) is 39.1 Å². The van der Waals surface area contributed by atoms with Crippen LogP contribution in [0.3, 0.4) is 0 Å². The molecule has 14 heteroatoms. The molecule has 2 aliphatic rings. The number of benzene rings is 3. The Kier molecular flexibility index (Phi) is 10.4. The van der Waals surface area contributed by atoms with Gasteiger partial charge in [-0.25, -0.2) is 8.42 Å². The highest BCUT2D eigenvalue weighted by Gasteiger charge is 2.41. The predicted molar refractivity (Wildman–Crippen MR) is 170 cm³/mol. The van der Waals surface area contributed by atoms with Gasteiger partial charge in [0.2, 0.25) is 10.0 Å². The first-order valence-corrected chi connectivity index (χ1v) is 17.0. The molecule has 1 fully saturated rings. The number of nitrogens with zero attached hydrogens (tertiary/aromatic N) is 2. The Morgan fingerprint density at radius 1 is 0.957 bits per heavy atom. The van der Waals surface area contributed by atoms with Crippen molar-refractivity contribution in [3.05, 3.63) is 77.4 Å². The van der Waals surface area contributed by atoms with Crippen LogP contribution in [-0.4, -0.2) is 84.3 Å². The lowest BCUT2D eigenvalue weighted by Crippen LogP contribution is -2.42. The number of rotatable bonds is 11. The zero-order valence-corrected chi connectivity index (χ0v) is 26.8. The van der Waals surface area contributed by atoms with Gasteiger partial charge in [0.1, 0.15) is 5.75 Å². The van der Waals surface area contributed by atoms with Crippen LogP contribution in [0.2, 0.25) is 0 Å². The van der Waals surface area contributed by atoms with Gasteiger partial charge in [-0.3, -0.25) is 14.3 Å². The molecule has 1 saturated heterocycles. The Bertz CT molecular complexity index is 1710. The van der Waals surface area contributed by atoms with E-state index in [4.69, 9.17) is 14.2 Å². The molecule has 5 rings (SSSR count). The Morgan fingerprint density at radius 2 is 1.66 bits per heavy atom. The van der Waals surface area contributed by atoms with Crippen LogP contribution in [0.15, 0.2) is 60.7 Å². The third-order valence-corrected chi connectivity index (χ3v) is 8.79. The number of alkyl halides is 3. The normalized spacial score (nSPS) is 15.8. The van der Waals surface area contributed by atoms with Gasteiger partial charge in [-0.1, -0.05) is 24.3 Å². The van der Waals surface area contributed by atoms with Crippen molar-refractivity contribution in [2.75, 3.05) is 62.6 Å². The first-order valence-electron chi connectivity index (χ1n) is 15.1. The maximum absolute atomic E-state index is 13.6. The molecule has 0 radical (unpaired) electrons. The molecular formula is C33H36F3N3O7S. The number of hydrogen-bond donors (Lipinski definition) is 1. The molecule has 0 bridgehead atoms. The highest BCUT2D eigenvalue weighted by atomic mass is 32.2. The molecule has 1 N–H and O–H groups in total. The molecular weight excluding hydrogens is 639 g/mol. The maximum atomic E-state index is 13.6. The number of fused-ring (bicyclic) bond motifs is 1. The second-order valence-corrected chi connectivity index (χ2v) is 13.2. The van der Waals surface area contributed by atoms with Crippen molar-refractivity contribution in [1.82, 2.24) is 4.90 Å². The van der Waals surface area contributed by atoms with E-state index in [-0.39, 0.29) is 56.0 Å². The summed E-state index contributed by atoms with van der Waals surface area (Å²) in [6.45, 7) is 1.04. The number of likely N-dealkylation sites (tertiary alicyclic amines) is 1. The maximum Gasteiger partial charge on any atom is 0.391 e. The number of amides is 2. The minimum Gasteiger partial charge on any atom is -0.465 e. The molecule has 3 aromatic carbocycles. The van der Waals surface area contributed by atoms with Crippen molar-refractivity contribution in [2.24, 2.45) is 5.92 Å². The smallest absolute Gasteiger partial charge is 0.391 e. The molecule has 0 saturated carbocycles. The van der Waals surface area contributed by atoms with Crippen LogP contribution in [0, 0.1) is 5.92 Å². The minimum absolute atomic E-state index is 0.0678. The molecule has 10 nitrogen and oxygen atoms in total. The van der Waals surface area contributed by atoms with Gasteiger partial charge >= 0.3 is 6.18 Å². The van der Waals surface area contributed by atoms with Crippen LogP contribution in [-0.2, 0) is 25.9 Å². The SMILES string of the molecule is COCCOCOc1ccc(N2CCc3cc(-c4ccc(C(=O)N5CCC(C(F)(F)F)CC5)cc4)ccc3C2=O)cc1NS(C)(=O)=O. The van der Waals surface area contributed by atoms with Gasteiger partial charge in [-0.05, 0) is 72.4 Å². The van der Waals surface area contributed by atoms with E-state index in [1.54, 1.807) is 60.5 Å². The van der Waals surface area contributed by atoms with E-state index in [1.807, 2.05) is 12.1 Å². The van der Waals surface area contributed by atoms with Crippen molar-refractivity contribution < 1.29 is 45.4 Å². The van der Waals surface area contributed by atoms with Gasteiger partial charge in [-0.15, -0.1) is 0 Å². The molecule has 2 aliphatic heterocycles. The number of sulfonamides is 1. The lowest BCUT2D eigenvalue weighted by Gasteiger charge is -2.33. The number of halogens is 3. The predicted octanol–water partition coefficient (Wildman–Crippen LogP) is 5.34. The number of methoxy groups -OCH3 is 1. The summed E-state index contributed by atoms with van der Waals surface area (Å²) in [6, 6.07) is 17.2. The van der Waals surface area contributed by atoms with Crippen LogP contribution in [0.25, 0.3) is 11.1 Å². The third-order valence-electron chi connectivity index (χ3n) is 8.20. The summed E-state index contributed by atoms with van der Waals surface area (Å²) in [5.41, 5.74) is 4.10.